The lowest BCUT2D eigenvalue weighted by Crippen LogP contribution is -2.59. The maximum atomic E-state index is 14.9. The van der Waals surface area contributed by atoms with Gasteiger partial charge in [0.25, 0.3) is 0 Å². The number of likely N-dealkylation sites (tertiary alicyclic amines) is 1. The number of esters is 1. The number of ether oxygens (including phenoxy) is 3. The molecule has 4 aliphatic heterocycles. The Balaban J connectivity index is 1.46. The predicted octanol–water partition coefficient (Wildman–Crippen LogP) is 2.86. The number of benzene rings is 1. The highest BCUT2D eigenvalue weighted by molar-refractivity contribution is 9.09. The number of alkyl halides is 1. The first-order valence-electron chi connectivity index (χ1n) is 18.1. The first-order chi connectivity index (χ1) is 24.6. The zero-order valence-electron chi connectivity index (χ0n) is 29.8. The van der Waals surface area contributed by atoms with Crippen molar-refractivity contribution in [3.8, 4) is 0 Å². The molecule has 5 rings (SSSR count). The van der Waals surface area contributed by atoms with Gasteiger partial charge in [-0.05, 0) is 30.7 Å². The van der Waals surface area contributed by atoms with Gasteiger partial charge in [0.15, 0.2) is 0 Å². The smallest absolute Gasteiger partial charge is 0.313 e. The van der Waals surface area contributed by atoms with Crippen molar-refractivity contribution in [1.29, 1.82) is 0 Å². The Morgan fingerprint density at radius 3 is 2.55 bits per heavy atom. The minimum Gasteiger partial charge on any atom is -0.455 e. The molecule has 4 saturated heterocycles. The third-order valence-electron chi connectivity index (χ3n) is 10.5. The van der Waals surface area contributed by atoms with Crippen molar-refractivity contribution in [3.63, 3.8) is 0 Å². The Kier molecular flexibility index (Phi) is 13.5. The van der Waals surface area contributed by atoms with Gasteiger partial charge in [-0.3, -0.25) is 24.1 Å². The van der Waals surface area contributed by atoms with E-state index < -0.39 is 53.6 Å². The van der Waals surface area contributed by atoms with Crippen LogP contribution >= 0.6 is 15.9 Å². The summed E-state index contributed by atoms with van der Waals surface area (Å²) in [6.07, 6.45) is 3.35. The molecule has 8 atom stereocenters. The number of nitrogens with zero attached hydrogens (tertiary/aromatic N) is 3. The Labute approximate surface area is 309 Å². The van der Waals surface area contributed by atoms with E-state index in [1.165, 1.54) is 4.90 Å². The number of amides is 3. The molecule has 12 nitrogen and oxygen atoms in total. The number of allylic oxidation sites excluding steroid dienone is 1. The Morgan fingerprint density at radius 2 is 1.90 bits per heavy atom. The van der Waals surface area contributed by atoms with Crippen molar-refractivity contribution in [2.24, 2.45) is 17.8 Å². The van der Waals surface area contributed by atoms with E-state index in [0.717, 1.165) is 13.1 Å². The van der Waals surface area contributed by atoms with Gasteiger partial charge < -0.3 is 34.4 Å². The number of aliphatic hydroxyl groups is 1. The topological polar surface area (TPSA) is 138 Å². The summed E-state index contributed by atoms with van der Waals surface area (Å²) in [6, 6.07) is 7.42. The van der Waals surface area contributed by atoms with E-state index in [0.29, 0.717) is 51.1 Å². The third-order valence-corrected chi connectivity index (χ3v) is 11.4. The van der Waals surface area contributed by atoms with E-state index >= 15 is 0 Å². The van der Waals surface area contributed by atoms with Gasteiger partial charge in [0, 0.05) is 44.0 Å². The highest BCUT2D eigenvalue weighted by Gasteiger charge is 2.77. The number of nitrogens with one attached hydrogen (secondary N) is 1. The average Bonchev–Trinajstić information content (AvgIpc) is 3.73. The second-order valence-electron chi connectivity index (χ2n) is 14.4. The van der Waals surface area contributed by atoms with Gasteiger partial charge in [0.05, 0.1) is 50.3 Å². The minimum atomic E-state index is -1.32. The van der Waals surface area contributed by atoms with Gasteiger partial charge in [-0.25, -0.2) is 0 Å². The maximum absolute atomic E-state index is 14.9. The fraction of sp³-hybridized carbons (Fsp3) is 0.632. The molecule has 4 aliphatic rings. The van der Waals surface area contributed by atoms with Crippen LogP contribution in [-0.4, -0.2) is 131 Å². The zero-order valence-corrected chi connectivity index (χ0v) is 31.4. The molecule has 4 fully saturated rings. The lowest BCUT2D eigenvalue weighted by Gasteiger charge is -2.40. The van der Waals surface area contributed by atoms with Gasteiger partial charge >= 0.3 is 5.97 Å². The molecule has 1 unspecified atom stereocenters. The summed E-state index contributed by atoms with van der Waals surface area (Å²) in [6.45, 7) is 15.4. The van der Waals surface area contributed by atoms with E-state index in [9.17, 15) is 24.3 Å². The fourth-order valence-corrected chi connectivity index (χ4v) is 9.12. The van der Waals surface area contributed by atoms with E-state index in [2.05, 4.69) is 39.3 Å². The molecule has 2 bridgehead atoms. The number of morpholine rings is 1. The summed E-state index contributed by atoms with van der Waals surface area (Å²) in [5.41, 5.74) is -0.630. The Bertz CT molecular complexity index is 1410. The molecule has 0 saturated carbocycles. The van der Waals surface area contributed by atoms with E-state index in [-0.39, 0.29) is 48.7 Å². The number of halogens is 1. The van der Waals surface area contributed by atoms with Crippen LogP contribution in [0.5, 0.6) is 0 Å². The number of hydrogen-bond donors (Lipinski definition) is 2. The van der Waals surface area contributed by atoms with Crippen molar-refractivity contribution >= 4 is 39.6 Å². The zero-order chi connectivity index (χ0) is 36.7. The van der Waals surface area contributed by atoms with Crippen molar-refractivity contribution in [1.82, 2.24) is 20.0 Å². The van der Waals surface area contributed by atoms with Crippen LogP contribution < -0.4 is 5.32 Å². The van der Waals surface area contributed by atoms with Crippen molar-refractivity contribution in [2.75, 3.05) is 59.1 Å². The van der Waals surface area contributed by atoms with Crippen LogP contribution in [0, 0.1) is 17.8 Å². The first kappa shape index (κ1) is 39.1. The molecular weight excluding hydrogens is 720 g/mol. The number of aliphatic hydroxyl groups excluding tert-OH is 1. The minimum absolute atomic E-state index is 0.0410. The Morgan fingerprint density at radius 1 is 1.18 bits per heavy atom. The van der Waals surface area contributed by atoms with E-state index in [1.807, 2.05) is 44.2 Å². The number of fused-ring (bicyclic) bond motifs is 1. The quantitative estimate of drug-likeness (QED) is 0.131. The molecule has 0 aromatic heterocycles. The maximum Gasteiger partial charge on any atom is 0.313 e. The SMILES string of the molecule is C=CCCC(=O)NC[C@H](OC(=O)[C@@H]1[C@H]2O[C@@]3(CC2Br)[C@H](C(=O)N(CC=C)CCN2CCOCC2)N([C@@H](CO)CC(C)C)C(=O)[C@@H]13)c1ccccc1. The largest absolute Gasteiger partial charge is 0.455 e. The second kappa shape index (κ2) is 17.6. The van der Waals surface area contributed by atoms with Crippen LogP contribution in [0.2, 0.25) is 0 Å². The monoisotopic (exact) mass is 772 g/mol. The molecule has 2 N–H and O–H groups in total. The number of rotatable bonds is 18. The van der Waals surface area contributed by atoms with Gasteiger partial charge in [-0.1, -0.05) is 72.3 Å². The summed E-state index contributed by atoms with van der Waals surface area (Å²) in [5.74, 6) is -3.41. The second-order valence-corrected chi connectivity index (χ2v) is 15.5. The van der Waals surface area contributed by atoms with Crippen molar-refractivity contribution in [2.45, 2.75) is 74.3 Å². The molecule has 3 amide bonds. The van der Waals surface area contributed by atoms with E-state index in [4.69, 9.17) is 14.2 Å². The number of hydrogen-bond acceptors (Lipinski definition) is 9. The molecule has 0 aliphatic carbocycles. The third kappa shape index (κ3) is 8.43. The highest BCUT2D eigenvalue weighted by Crippen LogP contribution is 2.61. The van der Waals surface area contributed by atoms with Gasteiger partial charge in [0.2, 0.25) is 17.7 Å². The summed E-state index contributed by atoms with van der Waals surface area (Å²) < 4.78 is 18.4. The van der Waals surface area contributed by atoms with Crippen LogP contribution in [0.3, 0.4) is 0 Å². The van der Waals surface area contributed by atoms with Crippen molar-refractivity contribution in [3.05, 3.63) is 61.2 Å². The highest BCUT2D eigenvalue weighted by atomic mass is 79.9. The number of carbonyl (C=O) groups excluding carboxylic acids is 4. The summed E-state index contributed by atoms with van der Waals surface area (Å²) in [5, 5.41) is 13.6. The van der Waals surface area contributed by atoms with Crippen LogP contribution in [0.25, 0.3) is 0 Å². The number of carbonyl (C=O) groups is 4. The molecule has 4 heterocycles. The molecule has 1 aromatic rings. The standard InChI is InChI=1S/C38H53BrN4O8/c1-5-7-13-30(45)40-23-29(26-11-9-8-10-12-26)50-37(48)31-32-35(46)43(27(24-44)21-25(3)4)34(38(32)22-28(39)33(31)51-38)36(47)42(14-6-2)16-15-41-17-19-49-20-18-41/h5-6,8-12,25,27-29,31-34,44H,1-2,7,13-24H2,3-4H3,(H,40,45)/t27-,28?,29+,31+,32-,33+,34+,38-/m1/s1. The molecule has 1 aromatic carbocycles. The van der Waals surface area contributed by atoms with Crippen LogP contribution in [0.1, 0.15) is 51.2 Å². The van der Waals surface area contributed by atoms with Crippen LogP contribution in [0.4, 0.5) is 0 Å². The van der Waals surface area contributed by atoms with Crippen LogP contribution in [-0.2, 0) is 33.4 Å². The van der Waals surface area contributed by atoms with Gasteiger partial charge in [-0.2, -0.15) is 0 Å². The fourth-order valence-electron chi connectivity index (χ4n) is 8.18. The lowest BCUT2D eigenvalue weighted by atomic mass is 9.70. The first-order valence-corrected chi connectivity index (χ1v) is 19.1. The lowest BCUT2D eigenvalue weighted by molar-refractivity contribution is -0.161. The summed E-state index contributed by atoms with van der Waals surface area (Å²) in [7, 11) is 0. The Hall–Kier alpha value is -3.10. The molecule has 51 heavy (non-hydrogen) atoms. The molecule has 0 radical (unpaired) electrons. The van der Waals surface area contributed by atoms with Gasteiger partial charge in [-0.15, -0.1) is 13.2 Å². The van der Waals surface area contributed by atoms with Gasteiger partial charge in [0.1, 0.15) is 17.7 Å². The predicted molar refractivity (Wildman–Crippen MR) is 195 cm³/mol. The van der Waals surface area contributed by atoms with Crippen molar-refractivity contribution < 1.29 is 38.5 Å². The van der Waals surface area contributed by atoms with Crippen LogP contribution in [0.15, 0.2) is 55.6 Å². The normalized spacial score (nSPS) is 28.3. The summed E-state index contributed by atoms with van der Waals surface area (Å²) in [4.78, 5) is 61.7. The average molecular weight is 774 g/mol. The molecular formula is C38H53BrN4O8. The van der Waals surface area contributed by atoms with E-state index in [1.54, 1.807) is 17.1 Å². The molecule has 13 heteroatoms. The molecule has 1 spiro atoms. The summed E-state index contributed by atoms with van der Waals surface area (Å²) >= 11 is 3.75. The molecule has 280 valence electrons.